The predicted octanol–water partition coefficient (Wildman–Crippen LogP) is 3.74. The third kappa shape index (κ3) is 3.98. The molecule has 1 atom stereocenters. The Kier molecular flexibility index (Phi) is 5.19. The smallest absolute Gasteiger partial charge is 0.226 e. The molecule has 1 aromatic rings. The molecule has 0 spiro atoms. The van der Waals surface area contributed by atoms with Crippen LogP contribution in [-0.4, -0.2) is 38.4 Å². The number of methoxy groups -OCH3 is 1. The molecule has 0 radical (unpaired) electrons. The fraction of sp³-hybridized carbons (Fsp3) is 0.708. The highest BCUT2D eigenvalue weighted by atomic mass is 16.5. The van der Waals surface area contributed by atoms with Crippen LogP contribution in [0.5, 0.6) is 11.5 Å². The Hall–Kier alpha value is -1.75. The van der Waals surface area contributed by atoms with Gasteiger partial charge in [-0.3, -0.25) is 4.79 Å². The molecule has 5 nitrogen and oxygen atoms in total. The van der Waals surface area contributed by atoms with Crippen molar-refractivity contribution in [2.75, 3.05) is 26.9 Å². The first kappa shape index (κ1) is 19.2. The molecule has 5 heteroatoms. The first-order valence-electron chi connectivity index (χ1n) is 11.3. The molecule has 5 aliphatic rings. The summed E-state index contributed by atoms with van der Waals surface area (Å²) < 4.78 is 17.5. The molecule has 6 rings (SSSR count). The number of amides is 1. The van der Waals surface area contributed by atoms with E-state index in [1.165, 1.54) is 38.5 Å². The third-order valence-corrected chi connectivity index (χ3v) is 7.56. The SMILES string of the molecule is COc1ccc2c(c1)C[C@@H](C(=O)NCCCOC13CC4CC(CC(C4)C1)C3)CO2. The van der Waals surface area contributed by atoms with Crippen molar-refractivity contribution < 1.29 is 19.0 Å². The van der Waals surface area contributed by atoms with E-state index < -0.39 is 0 Å². The van der Waals surface area contributed by atoms with Crippen molar-refractivity contribution in [3.05, 3.63) is 23.8 Å². The molecule has 158 valence electrons. The maximum absolute atomic E-state index is 12.6. The standard InChI is InChI=1S/C24H33NO4/c1-27-21-3-4-22-19(11-21)10-20(15-28-22)23(26)25-5-2-6-29-24-12-16-7-17(13-24)9-18(8-16)14-24/h3-4,11,16-18,20H,2,5-10,12-15H2,1H3,(H,25,26)/t16?,17?,18?,20-,24?/m1/s1. The van der Waals surface area contributed by atoms with Gasteiger partial charge in [0.25, 0.3) is 0 Å². The molecule has 29 heavy (non-hydrogen) atoms. The minimum absolute atomic E-state index is 0.0771. The number of fused-ring (bicyclic) bond motifs is 1. The molecule has 1 amide bonds. The lowest BCUT2D eigenvalue weighted by Gasteiger charge is -2.56. The summed E-state index contributed by atoms with van der Waals surface area (Å²) in [6.45, 7) is 1.87. The second-order valence-electron chi connectivity index (χ2n) is 9.78. The van der Waals surface area contributed by atoms with Crippen LogP contribution in [0.2, 0.25) is 0 Å². The molecule has 4 bridgehead atoms. The fourth-order valence-corrected chi connectivity index (χ4v) is 6.59. The summed E-state index contributed by atoms with van der Waals surface area (Å²) in [4.78, 5) is 12.6. The van der Waals surface area contributed by atoms with Crippen LogP contribution >= 0.6 is 0 Å². The average Bonchev–Trinajstić information content (AvgIpc) is 2.71. The van der Waals surface area contributed by atoms with E-state index in [1.54, 1.807) is 7.11 Å². The average molecular weight is 400 g/mol. The normalized spacial score (nSPS) is 34.4. The van der Waals surface area contributed by atoms with Gasteiger partial charge in [-0.2, -0.15) is 0 Å². The zero-order chi connectivity index (χ0) is 19.8. The number of ether oxygens (including phenoxy) is 3. The number of carbonyl (C=O) groups is 1. The summed E-state index contributed by atoms with van der Waals surface area (Å²) >= 11 is 0. The van der Waals surface area contributed by atoms with Gasteiger partial charge in [-0.05, 0) is 92.9 Å². The van der Waals surface area contributed by atoms with Crippen molar-refractivity contribution in [1.82, 2.24) is 5.32 Å². The Morgan fingerprint density at radius 1 is 1.17 bits per heavy atom. The summed E-state index contributed by atoms with van der Waals surface area (Å²) in [5.74, 6) is 4.33. The zero-order valence-electron chi connectivity index (χ0n) is 17.5. The highest BCUT2D eigenvalue weighted by molar-refractivity contribution is 5.79. The highest BCUT2D eigenvalue weighted by Crippen LogP contribution is 2.57. The highest BCUT2D eigenvalue weighted by Gasteiger charge is 2.51. The van der Waals surface area contributed by atoms with Gasteiger partial charge in [-0.1, -0.05) is 0 Å². The Bertz CT molecular complexity index is 726. The lowest BCUT2D eigenvalue weighted by molar-refractivity contribution is -0.162. The van der Waals surface area contributed by atoms with Crippen LogP contribution in [-0.2, 0) is 16.0 Å². The van der Waals surface area contributed by atoms with Gasteiger partial charge in [0.2, 0.25) is 5.91 Å². The summed E-state index contributed by atoms with van der Waals surface area (Å²) in [7, 11) is 1.65. The molecule has 0 saturated heterocycles. The van der Waals surface area contributed by atoms with Gasteiger partial charge in [0.05, 0.1) is 18.6 Å². The number of carbonyl (C=O) groups excluding carboxylic acids is 1. The molecule has 1 heterocycles. The number of hydrogen-bond acceptors (Lipinski definition) is 4. The van der Waals surface area contributed by atoms with E-state index in [1.807, 2.05) is 18.2 Å². The first-order valence-corrected chi connectivity index (χ1v) is 11.3. The fourth-order valence-electron chi connectivity index (χ4n) is 6.59. The van der Waals surface area contributed by atoms with E-state index in [0.717, 1.165) is 47.8 Å². The zero-order valence-corrected chi connectivity index (χ0v) is 17.5. The van der Waals surface area contributed by atoms with Crippen LogP contribution < -0.4 is 14.8 Å². The van der Waals surface area contributed by atoms with Gasteiger partial charge in [-0.15, -0.1) is 0 Å². The lowest BCUT2D eigenvalue weighted by Crippen LogP contribution is -2.52. The molecule has 1 aliphatic heterocycles. The van der Waals surface area contributed by atoms with Crippen molar-refractivity contribution in [2.24, 2.45) is 23.7 Å². The Morgan fingerprint density at radius 2 is 1.90 bits per heavy atom. The van der Waals surface area contributed by atoms with Crippen LogP contribution in [0.1, 0.15) is 50.5 Å². The minimum Gasteiger partial charge on any atom is -0.497 e. The van der Waals surface area contributed by atoms with Crippen molar-refractivity contribution in [3.8, 4) is 11.5 Å². The topological polar surface area (TPSA) is 56.8 Å². The molecule has 1 aromatic carbocycles. The van der Waals surface area contributed by atoms with Crippen molar-refractivity contribution >= 4 is 5.91 Å². The largest absolute Gasteiger partial charge is 0.497 e. The summed E-state index contributed by atoms with van der Waals surface area (Å²) in [6, 6.07) is 5.78. The van der Waals surface area contributed by atoms with Crippen LogP contribution in [0.25, 0.3) is 0 Å². The molecule has 4 saturated carbocycles. The van der Waals surface area contributed by atoms with E-state index in [9.17, 15) is 4.79 Å². The summed E-state index contributed by atoms with van der Waals surface area (Å²) in [5, 5.41) is 3.09. The lowest BCUT2D eigenvalue weighted by atomic mass is 9.54. The Morgan fingerprint density at radius 3 is 2.59 bits per heavy atom. The Labute approximate surface area is 173 Å². The van der Waals surface area contributed by atoms with Gasteiger partial charge in [-0.25, -0.2) is 0 Å². The third-order valence-electron chi connectivity index (χ3n) is 7.56. The number of nitrogens with one attached hydrogen (secondary N) is 1. The summed E-state index contributed by atoms with van der Waals surface area (Å²) in [5.41, 5.74) is 1.21. The van der Waals surface area contributed by atoms with Crippen molar-refractivity contribution in [2.45, 2.75) is 57.0 Å². The quantitative estimate of drug-likeness (QED) is 0.710. The van der Waals surface area contributed by atoms with Crippen molar-refractivity contribution in [1.29, 1.82) is 0 Å². The molecule has 0 unspecified atom stereocenters. The van der Waals surface area contributed by atoms with Gasteiger partial charge < -0.3 is 19.5 Å². The molecular formula is C24H33NO4. The first-order chi connectivity index (χ1) is 14.1. The number of benzene rings is 1. The van der Waals surface area contributed by atoms with Gasteiger partial charge in [0.15, 0.2) is 0 Å². The predicted molar refractivity (Wildman–Crippen MR) is 110 cm³/mol. The van der Waals surface area contributed by atoms with Gasteiger partial charge >= 0.3 is 0 Å². The van der Waals surface area contributed by atoms with Crippen LogP contribution in [0, 0.1) is 23.7 Å². The van der Waals surface area contributed by atoms with E-state index in [2.05, 4.69) is 5.32 Å². The van der Waals surface area contributed by atoms with Crippen LogP contribution in [0.4, 0.5) is 0 Å². The Balaban J connectivity index is 1.06. The van der Waals surface area contributed by atoms with E-state index in [4.69, 9.17) is 14.2 Å². The molecular weight excluding hydrogens is 366 g/mol. The molecule has 4 aliphatic carbocycles. The van der Waals surface area contributed by atoms with E-state index in [-0.39, 0.29) is 17.4 Å². The maximum Gasteiger partial charge on any atom is 0.226 e. The van der Waals surface area contributed by atoms with Gasteiger partial charge in [0, 0.05) is 13.2 Å². The maximum atomic E-state index is 12.6. The number of rotatable bonds is 7. The monoisotopic (exact) mass is 399 g/mol. The van der Waals surface area contributed by atoms with Crippen LogP contribution in [0.15, 0.2) is 18.2 Å². The molecule has 0 aromatic heterocycles. The second-order valence-corrected chi connectivity index (χ2v) is 9.78. The molecule has 4 fully saturated rings. The molecule has 1 N–H and O–H groups in total. The van der Waals surface area contributed by atoms with E-state index in [0.29, 0.717) is 19.6 Å². The van der Waals surface area contributed by atoms with E-state index >= 15 is 0 Å². The second kappa shape index (κ2) is 7.82. The van der Waals surface area contributed by atoms with Crippen LogP contribution in [0.3, 0.4) is 0 Å². The van der Waals surface area contributed by atoms with Crippen molar-refractivity contribution in [3.63, 3.8) is 0 Å². The van der Waals surface area contributed by atoms with Gasteiger partial charge in [0.1, 0.15) is 18.1 Å². The minimum atomic E-state index is -0.140. The summed E-state index contributed by atoms with van der Waals surface area (Å²) in [6.07, 6.45) is 9.72. The number of hydrogen-bond donors (Lipinski definition) is 1.